The minimum Gasteiger partial charge on any atom is -0.383 e. The van der Waals surface area contributed by atoms with Gasteiger partial charge in [0.2, 0.25) is 0 Å². The molecule has 2 aromatic carbocycles. The summed E-state index contributed by atoms with van der Waals surface area (Å²) in [5.41, 5.74) is 6.99. The number of carbonyl (C=O) groups is 2. The molecule has 2 amide bonds. The van der Waals surface area contributed by atoms with E-state index in [1.807, 2.05) is 26.8 Å². The Bertz CT molecular complexity index is 1830. The minimum atomic E-state index is -4.57. The number of nitriles is 1. The Hall–Kier alpha value is -5.25. The quantitative estimate of drug-likeness (QED) is 0.207. The highest BCUT2D eigenvalue weighted by molar-refractivity contribution is 6.05. The van der Waals surface area contributed by atoms with Gasteiger partial charge in [0.1, 0.15) is 29.5 Å². The summed E-state index contributed by atoms with van der Waals surface area (Å²) >= 11 is 0. The fraction of sp³-hybridized carbons (Fsp3) is 0.312. The van der Waals surface area contributed by atoms with Gasteiger partial charge in [0.25, 0.3) is 11.8 Å². The van der Waals surface area contributed by atoms with Crippen LogP contribution in [0.2, 0.25) is 0 Å². The van der Waals surface area contributed by atoms with Gasteiger partial charge in [-0.3, -0.25) is 9.59 Å². The van der Waals surface area contributed by atoms with E-state index in [-0.39, 0.29) is 34.3 Å². The van der Waals surface area contributed by atoms with E-state index in [0.717, 1.165) is 18.6 Å². The maximum absolute atomic E-state index is 13.3. The van der Waals surface area contributed by atoms with E-state index in [2.05, 4.69) is 15.3 Å². The van der Waals surface area contributed by atoms with Gasteiger partial charge < -0.3 is 16.0 Å². The predicted octanol–water partition coefficient (Wildman–Crippen LogP) is 6.01. The van der Waals surface area contributed by atoms with Crippen molar-refractivity contribution >= 4 is 34.4 Å². The number of piperidine rings is 1. The molecular formula is C32H31F3N8O2. The number of nitrogens with zero attached hydrogens (tertiary/aromatic N) is 6. The maximum Gasteiger partial charge on any atom is 0.416 e. The van der Waals surface area contributed by atoms with Crippen molar-refractivity contribution in [3.63, 3.8) is 0 Å². The Morgan fingerprint density at radius 2 is 1.84 bits per heavy atom. The molecule has 45 heavy (non-hydrogen) atoms. The van der Waals surface area contributed by atoms with Crippen LogP contribution in [-0.4, -0.2) is 49.6 Å². The third-order valence-corrected chi connectivity index (χ3v) is 7.34. The van der Waals surface area contributed by atoms with Gasteiger partial charge in [0.05, 0.1) is 17.0 Å². The first-order valence-electron chi connectivity index (χ1n) is 14.2. The van der Waals surface area contributed by atoms with Gasteiger partial charge in [0, 0.05) is 29.9 Å². The summed E-state index contributed by atoms with van der Waals surface area (Å²) in [6.07, 6.45) is -0.126. The summed E-state index contributed by atoms with van der Waals surface area (Å²) in [4.78, 5) is 36.2. The molecule has 0 bridgehead atoms. The molecule has 13 heteroatoms. The van der Waals surface area contributed by atoms with Gasteiger partial charge in [-0.2, -0.15) is 23.5 Å². The molecule has 1 aliphatic heterocycles. The smallest absolute Gasteiger partial charge is 0.383 e. The van der Waals surface area contributed by atoms with Crippen LogP contribution < -0.4 is 11.1 Å². The molecule has 3 heterocycles. The summed E-state index contributed by atoms with van der Waals surface area (Å²) < 4.78 is 41.0. The largest absolute Gasteiger partial charge is 0.416 e. The molecule has 0 aliphatic carbocycles. The number of likely N-dealkylation sites (tertiary alicyclic amines) is 1. The number of anilines is 2. The van der Waals surface area contributed by atoms with Gasteiger partial charge >= 0.3 is 6.18 Å². The number of nitrogen functional groups attached to an aromatic ring is 1. The highest BCUT2D eigenvalue weighted by Gasteiger charge is 2.32. The van der Waals surface area contributed by atoms with Crippen molar-refractivity contribution in [2.45, 2.75) is 45.8 Å². The first kappa shape index (κ1) is 31.2. The molecule has 0 radical (unpaired) electrons. The lowest BCUT2D eigenvalue weighted by atomic mass is 9.93. The monoisotopic (exact) mass is 616 g/mol. The molecule has 232 valence electrons. The van der Waals surface area contributed by atoms with Crippen molar-refractivity contribution < 1.29 is 22.8 Å². The summed E-state index contributed by atoms with van der Waals surface area (Å²) in [6.45, 7) is 6.61. The Labute approximate surface area is 257 Å². The van der Waals surface area contributed by atoms with E-state index < -0.39 is 17.6 Å². The van der Waals surface area contributed by atoms with Crippen LogP contribution >= 0.6 is 0 Å². The van der Waals surface area contributed by atoms with E-state index in [9.17, 15) is 28.0 Å². The summed E-state index contributed by atoms with van der Waals surface area (Å²) in [6, 6.07) is 12.6. The van der Waals surface area contributed by atoms with Gasteiger partial charge in [-0.25, -0.2) is 14.6 Å². The standard InChI is InChI=1S/C32H31F3N8O2/c1-31(2,3)15-21(16-36)30(45)42-13-5-8-24(17-42)43-28-25(27(37)38-18-39-28)26(41-43)19-9-11-23(12-10-19)40-29(44)20-6-4-7-22(14-20)32(33,34)35/h4,6-7,9-12,14-15,18,24H,5,8,13,17H2,1-3H3,(H,40,44)(H2,37,38,39). The number of halogens is 3. The van der Waals surface area contributed by atoms with Crippen molar-refractivity contribution in [1.82, 2.24) is 24.6 Å². The van der Waals surface area contributed by atoms with Crippen LogP contribution in [0.3, 0.4) is 0 Å². The van der Waals surface area contributed by atoms with Gasteiger partial charge in [-0.05, 0) is 48.6 Å². The van der Waals surface area contributed by atoms with E-state index >= 15 is 0 Å². The molecular weight excluding hydrogens is 585 g/mol. The molecule has 2 aromatic heterocycles. The zero-order valence-corrected chi connectivity index (χ0v) is 24.9. The molecule has 10 nitrogen and oxygen atoms in total. The Morgan fingerprint density at radius 1 is 1.11 bits per heavy atom. The summed E-state index contributed by atoms with van der Waals surface area (Å²) in [5, 5.41) is 17.7. The average Bonchev–Trinajstić information content (AvgIpc) is 3.40. The fourth-order valence-corrected chi connectivity index (χ4v) is 5.29. The number of allylic oxidation sites excluding steroid dienone is 1. The number of amides is 2. The second-order valence-electron chi connectivity index (χ2n) is 11.9. The number of aromatic nitrogens is 4. The molecule has 5 rings (SSSR count). The Morgan fingerprint density at radius 3 is 2.51 bits per heavy atom. The number of hydrogen-bond donors (Lipinski definition) is 2. The highest BCUT2D eigenvalue weighted by Crippen LogP contribution is 2.35. The lowest BCUT2D eigenvalue weighted by molar-refractivity contribution is -0.137. The molecule has 4 aromatic rings. The van der Waals surface area contributed by atoms with Crippen molar-refractivity contribution in [3.05, 3.63) is 77.6 Å². The van der Waals surface area contributed by atoms with E-state index in [0.29, 0.717) is 47.5 Å². The van der Waals surface area contributed by atoms with Crippen molar-refractivity contribution in [2.24, 2.45) is 5.41 Å². The molecule has 1 aliphatic rings. The zero-order valence-electron chi connectivity index (χ0n) is 24.9. The number of benzene rings is 2. The number of nitrogens with two attached hydrogens (primary N) is 1. The number of carbonyl (C=O) groups excluding carboxylic acids is 2. The average molecular weight is 617 g/mol. The van der Waals surface area contributed by atoms with Crippen LogP contribution in [0, 0.1) is 16.7 Å². The molecule has 1 fully saturated rings. The first-order chi connectivity index (χ1) is 21.2. The fourth-order valence-electron chi connectivity index (χ4n) is 5.29. The normalized spacial score (nSPS) is 16.0. The molecule has 3 N–H and O–H groups in total. The SMILES string of the molecule is CC(C)(C)C=C(C#N)C(=O)N1CCCC(n2nc(-c3ccc(NC(=O)c4cccc(C(F)(F)F)c4)cc3)c3c(N)ncnc32)C1. The second-order valence-corrected chi connectivity index (χ2v) is 11.9. The van der Waals surface area contributed by atoms with Gasteiger partial charge in [-0.15, -0.1) is 0 Å². The summed E-state index contributed by atoms with van der Waals surface area (Å²) in [5.74, 6) is -0.799. The van der Waals surface area contributed by atoms with Crippen molar-refractivity contribution in [3.8, 4) is 17.3 Å². The summed E-state index contributed by atoms with van der Waals surface area (Å²) in [7, 11) is 0. The third kappa shape index (κ3) is 6.80. The number of hydrogen-bond acceptors (Lipinski definition) is 7. The van der Waals surface area contributed by atoms with Crippen molar-refractivity contribution in [2.75, 3.05) is 24.1 Å². The number of alkyl halides is 3. The van der Waals surface area contributed by atoms with Crippen LogP contribution in [0.25, 0.3) is 22.3 Å². The number of fused-ring (bicyclic) bond motifs is 1. The molecule has 1 saturated heterocycles. The van der Waals surface area contributed by atoms with Crippen LogP contribution in [-0.2, 0) is 11.0 Å². The van der Waals surface area contributed by atoms with Gasteiger partial charge in [-0.1, -0.05) is 45.0 Å². The number of nitrogens with one attached hydrogen (secondary N) is 1. The van der Waals surface area contributed by atoms with Crippen LogP contribution in [0.1, 0.15) is 55.6 Å². The molecule has 1 unspecified atom stereocenters. The van der Waals surface area contributed by atoms with Crippen LogP contribution in [0.5, 0.6) is 0 Å². The minimum absolute atomic E-state index is 0.0981. The molecule has 0 saturated carbocycles. The first-order valence-corrected chi connectivity index (χ1v) is 14.2. The van der Waals surface area contributed by atoms with E-state index in [1.54, 1.807) is 39.9 Å². The van der Waals surface area contributed by atoms with Crippen molar-refractivity contribution in [1.29, 1.82) is 5.26 Å². The lowest BCUT2D eigenvalue weighted by Crippen LogP contribution is -2.41. The highest BCUT2D eigenvalue weighted by atomic mass is 19.4. The Balaban J connectivity index is 1.41. The van der Waals surface area contributed by atoms with Crippen LogP contribution in [0.4, 0.5) is 24.7 Å². The van der Waals surface area contributed by atoms with E-state index in [4.69, 9.17) is 10.8 Å². The topological polar surface area (TPSA) is 143 Å². The molecule has 0 spiro atoms. The number of rotatable bonds is 5. The van der Waals surface area contributed by atoms with Gasteiger partial charge in [0.15, 0.2) is 5.65 Å². The third-order valence-electron chi connectivity index (χ3n) is 7.34. The predicted molar refractivity (Wildman–Crippen MR) is 163 cm³/mol. The lowest BCUT2D eigenvalue weighted by Gasteiger charge is -2.33. The maximum atomic E-state index is 13.3. The second kappa shape index (κ2) is 12.0. The van der Waals surface area contributed by atoms with Crippen LogP contribution in [0.15, 0.2) is 66.5 Å². The Kier molecular flexibility index (Phi) is 8.34. The zero-order chi connectivity index (χ0) is 32.5. The molecule has 1 atom stereocenters. The van der Waals surface area contributed by atoms with E-state index in [1.165, 1.54) is 18.5 Å².